The van der Waals surface area contributed by atoms with Crippen LogP contribution in [0.2, 0.25) is 10.0 Å². The monoisotopic (exact) mass is 324 g/mol. The van der Waals surface area contributed by atoms with E-state index < -0.39 is 0 Å². The number of carbonyl (C=O) groups excluding carboxylic acids is 1. The third-order valence-electron chi connectivity index (χ3n) is 2.78. The van der Waals surface area contributed by atoms with E-state index in [-0.39, 0.29) is 12.5 Å². The first-order chi connectivity index (χ1) is 9.95. The fourth-order valence-corrected chi connectivity index (χ4v) is 2.07. The van der Waals surface area contributed by atoms with E-state index in [4.69, 9.17) is 33.7 Å². The summed E-state index contributed by atoms with van der Waals surface area (Å²) < 4.78 is 5.36. The number of rotatable bonds is 4. The summed E-state index contributed by atoms with van der Waals surface area (Å²) in [6.07, 6.45) is 0. The number of nitrogen functional groups attached to an aromatic ring is 1. The summed E-state index contributed by atoms with van der Waals surface area (Å²) in [7, 11) is 0. The zero-order valence-electron chi connectivity index (χ0n) is 11.3. The Hall–Kier alpha value is -1.91. The average Bonchev–Trinajstić information content (AvgIpc) is 2.43. The van der Waals surface area contributed by atoms with Gasteiger partial charge >= 0.3 is 0 Å². The molecule has 0 heterocycles. The lowest BCUT2D eigenvalue weighted by molar-refractivity contribution is -0.118. The van der Waals surface area contributed by atoms with E-state index in [0.717, 1.165) is 5.56 Å². The van der Waals surface area contributed by atoms with Crippen molar-refractivity contribution < 1.29 is 9.53 Å². The van der Waals surface area contributed by atoms with Gasteiger partial charge < -0.3 is 15.8 Å². The molecule has 1 amide bonds. The molecule has 4 nitrogen and oxygen atoms in total. The van der Waals surface area contributed by atoms with Gasteiger partial charge in [0.05, 0.1) is 10.7 Å². The molecule has 21 heavy (non-hydrogen) atoms. The fraction of sp³-hybridized carbons (Fsp3) is 0.133. The Morgan fingerprint density at radius 1 is 1.29 bits per heavy atom. The Morgan fingerprint density at radius 2 is 2.05 bits per heavy atom. The second-order valence-corrected chi connectivity index (χ2v) is 5.33. The molecule has 0 spiro atoms. The van der Waals surface area contributed by atoms with E-state index >= 15 is 0 Å². The second-order valence-electron chi connectivity index (χ2n) is 4.48. The second kappa shape index (κ2) is 6.70. The molecule has 0 fully saturated rings. The van der Waals surface area contributed by atoms with E-state index in [1.807, 2.05) is 6.92 Å². The van der Waals surface area contributed by atoms with Crippen LogP contribution in [0.5, 0.6) is 5.75 Å². The Balaban J connectivity index is 1.97. The van der Waals surface area contributed by atoms with Crippen molar-refractivity contribution in [2.45, 2.75) is 6.92 Å². The molecule has 2 rings (SSSR count). The molecule has 2 aromatic rings. The van der Waals surface area contributed by atoms with Crippen molar-refractivity contribution in [1.29, 1.82) is 0 Å². The molecule has 0 saturated carbocycles. The first-order valence-corrected chi connectivity index (χ1v) is 6.95. The molecule has 0 bridgehead atoms. The predicted octanol–water partition coefficient (Wildman–Crippen LogP) is 3.90. The lowest BCUT2D eigenvalue weighted by Crippen LogP contribution is -2.20. The van der Waals surface area contributed by atoms with Gasteiger partial charge in [-0.1, -0.05) is 29.3 Å². The first kappa shape index (κ1) is 15.5. The number of hydrogen-bond donors (Lipinski definition) is 2. The minimum Gasteiger partial charge on any atom is -0.484 e. The molecule has 0 saturated heterocycles. The van der Waals surface area contributed by atoms with Crippen LogP contribution in [0.25, 0.3) is 0 Å². The number of anilines is 2. The van der Waals surface area contributed by atoms with E-state index in [9.17, 15) is 4.79 Å². The summed E-state index contributed by atoms with van der Waals surface area (Å²) in [5.74, 6) is 0.239. The Labute approximate surface area is 132 Å². The Kier molecular flexibility index (Phi) is 4.94. The van der Waals surface area contributed by atoms with Gasteiger partial charge in [0.1, 0.15) is 5.75 Å². The number of carbonyl (C=O) groups is 1. The van der Waals surface area contributed by atoms with Crippen LogP contribution in [0.4, 0.5) is 11.4 Å². The number of amides is 1. The van der Waals surface area contributed by atoms with Gasteiger partial charge in [0.15, 0.2) is 6.61 Å². The van der Waals surface area contributed by atoms with Crippen LogP contribution in [-0.2, 0) is 4.79 Å². The van der Waals surface area contributed by atoms with Crippen LogP contribution in [0.15, 0.2) is 36.4 Å². The van der Waals surface area contributed by atoms with Gasteiger partial charge in [-0.05, 0) is 42.8 Å². The SMILES string of the molecule is Cc1cc(N)c(Cl)cc1NC(=O)COc1cccc(Cl)c1. The van der Waals surface area contributed by atoms with Gasteiger partial charge in [-0.3, -0.25) is 4.79 Å². The lowest BCUT2D eigenvalue weighted by Gasteiger charge is -2.11. The number of nitrogens with two attached hydrogens (primary N) is 1. The zero-order valence-corrected chi connectivity index (χ0v) is 12.8. The number of halogens is 2. The molecular weight excluding hydrogens is 311 g/mol. The molecule has 0 aliphatic carbocycles. The standard InChI is InChI=1S/C15H14Cl2N2O2/c1-9-5-13(18)12(17)7-14(9)19-15(20)8-21-11-4-2-3-10(16)6-11/h2-7H,8,18H2,1H3,(H,19,20). The molecular formula is C15H14Cl2N2O2. The van der Waals surface area contributed by atoms with Crippen molar-refractivity contribution in [3.8, 4) is 5.75 Å². The van der Waals surface area contributed by atoms with Crippen molar-refractivity contribution in [3.63, 3.8) is 0 Å². The van der Waals surface area contributed by atoms with Gasteiger partial charge in [0, 0.05) is 10.7 Å². The van der Waals surface area contributed by atoms with Gasteiger partial charge in [-0.25, -0.2) is 0 Å². The van der Waals surface area contributed by atoms with Crippen molar-refractivity contribution >= 4 is 40.5 Å². The van der Waals surface area contributed by atoms with Crippen molar-refractivity contribution in [2.75, 3.05) is 17.7 Å². The Morgan fingerprint density at radius 3 is 2.76 bits per heavy atom. The summed E-state index contributed by atoms with van der Waals surface area (Å²) in [6.45, 7) is 1.71. The molecule has 0 unspecified atom stereocenters. The van der Waals surface area contributed by atoms with Crippen LogP contribution in [0.3, 0.4) is 0 Å². The summed E-state index contributed by atoms with van der Waals surface area (Å²) in [4.78, 5) is 11.9. The van der Waals surface area contributed by atoms with Crippen LogP contribution < -0.4 is 15.8 Å². The quantitative estimate of drug-likeness (QED) is 0.838. The topological polar surface area (TPSA) is 64.3 Å². The van der Waals surface area contributed by atoms with E-state index in [0.29, 0.717) is 27.2 Å². The van der Waals surface area contributed by atoms with Crippen LogP contribution >= 0.6 is 23.2 Å². The van der Waals surface area contributed by atoms with Crippen LogP contribution in [0, 0.1) is 6.92 Å². The van der Waals surface area contributed by atoms with Gasteiger partial charge in [-0.2, -0.15) is 0 Å². The average molecular weight is 325 g/mol. The molecule has 0 aliphatic rings. The third kappa shape index (κ3) is 4.28. The maximum Gasteiger partial charge on any atom is 0.262 e. The van der Waals surface area contributed by atoms with Crippen molar-refractivity contribution in [2.24, 2.45) is 0 Å². The fourth-order valence-electron chi connectivity index (χ4n) is 1.73. The van der Waals surface area contributed by atoms with Crippen molar-refractivity contribution in [3.05, 3.63) is 52.0 Å². The molecule has 0 radical (unpaired) electrons. The number of hydrogen-bond acceptors (Lipinski definition) is 3. The number of nitrogens with one attached hydrogen (secondary N) is 1. The van der Waals surface area contributed by atoms with E-state index in [2.05, 4.69) is 5.32 Å². The first-order valence-electron chi connectivity index (χ1n) is 6.19. The predicted molar refractivity (Wildman–Crippen MR) is 86.2 cm³/mol. The lowest BCUT2D eigenvalue weighted by atomic mass is 10.2. The number of benzene rings is 2. The molecule has 6 heteroatoms. The molecule has 3 N–H and O–H groups in total. The summed E-state index contributed by atoms with van der Waals surface area (Å²) in [6, 6.07) is 10.2. The maximum atomic E-state index is 11.9. The number of ether oxygens (including phenoxy) is 1. The van der Waals surface area contributed by atoms with Crippen LogP contribution in [-0.4, -0.2) is 12.5 Å². The highest BCUT2D eigenvalue weighted by Gasteiger charge is 2.08. The molecule has 0 aromatic heterocycles. The molecule has 0 aliphatic heterocycles. The highest BCUT2D eigenvalue weighted by atomic mass is 35.5. The minimum atomic E-state index is -0.293. The largest absolute Gasteiger partial charge is 0.484 e. The normalized spacial score (nSPS) is 10.2. The highest BCUT2D eigenvalue weighted by Crippen LogP contribution is 2.26. The van der Waals surface area contributed by atoms with E-state index in [1.165, 1.54) is 0 Å². The summed E-state index contributed by atoms with van der Waals surface area (Å²) in [5.41, 5.74) is 7.59. The zero-order chi connectivity index (χ0) is 15.4. The van der Waals surface area contributed by atoms with E-state index in [1.54, 1.807) is 36.4 Å². The molecule has 0 atom stereocenters. The smallest absolute Gasteiger partial charge is 0.262 e. The van der Waals surface area contributed by atoms with Crippen molar-refractivity contribution in [1.82, 2.24) is 0 Å². The number of aryl methyl sites for hydroxylation is 1. The Bertz CT molecular complexity index is 675. The summed E-state index contributed by atoms with van der Waals surface area (Å²) in [5, 5.41) is 3.67. The third-order valence-corrected chi connectivity index (χ3v) is 3.35. The van der Waals surface area contributed by atoms with Gasteiger partial charge in [0.2, 0.25) is 0 Å². The maximum absolute atomic E-state index is 11.9. The van der Waals surface area contributed by atoms with Crippen LogP contribution in [0.1, 0.15) is 5.56 Å². The minimum absolute atomic E-state index is 0.123. The molecule has 110 valence electrons. The van der Waals surface area contributed by atoms with Gasteiger partial charge in [0.25, 0.3) is 5.91 Å². The highest BCUT2D eigenvalue weighted by molar-refractivity contribution is 6.33. The molecule has 2 aromatic carbocycles. The summed E-state index contributed by atoms with van der Waals surface area (Å²) >= 11 is 11.8. The van der Waals surface area contributed by atoms with Gasteiger partial charge in [-0.15, -0.1) is 0 Å².